The highest BCUT2D eigenvalue weighted by atomic mass is 127. The normalized spacial score (nSPS) is 11.5. The summed E-state index contributed by atoms with van der Waals surface area (Å²) < 4.78 is 10.9. The molecule has 0 saturated carbocycles. The SMILES string of the molecule is CC(C)(C)C(=O)OCc1coc(CI)n1. The maximum atomic E-state index is 11.4. The van der Waals surface area contributed by atoms with Gasteiger partial charge in [0, 0.05) is 0 Å². The predicted octanol–water partition coefficient (Wildman–Crippen LogP) is 2.70. The van der Waals surface area contributed by atoms with Crippen molar-refractivity contribution in [1.82, 2.24) is 4.98 Å². The van der Waals surface area contributed by atoms with E-state index in [0.717, 1.165) is 0 Å². The van der Waals surface area contributed by atoms with Crippen molar-refractivity contribution >= 4 is 28.6 Å². The highest BCUT2D eigenvalue weighted by Crippen LogP contribution is 2.16. The number of esters is 1. The van der Waals surface area contributed by atoms with Gasteiger partial charge in [-0.25, -0.2) is 4.98 Å². The van der Waals surface area contributed by atoms with Crippen molar-refractivity contribution in [3.63, 3.8) is 0 Å². The molecule has 5 heteroatoms. The first kappa shape index (κ1) is 12.5. The highest BCUT2D eigenvalue weighted by molar-refractivity contribution is 14.1. The summed E-state index contributed by atoms with van der Waals surface area (Å²) in [5.41, 5.74) is 0.176. The van der Waals surface area contributed by atoms with Crippen LogP contribution < -0.4 is 0 Å². The lowest BCUT2D eigenvalue weighted by atomic mass is 9.97. The fraction of sp³-hybridized carbons (Fsp3) is 0.600. The molecule has 0 aliphatic heterocycles. The summed E-state index contributed by atoms with van der Waals surface area (Å²) in [5, 5.41) is 0. The van der Waals surface area contributed by atoms with Gasteiger partial charge in [-0.2, -0.15) is 0 Å². The third-order valence-corrected chi connectivity index (χ3v) is 2.33. The van der Waals surface area contributed by atoms with Gasteiger partial charge in [0.15, 0.2) is 0 Å². The number of rotatable bonds is 3. The maximum Gasteiger partial charge on any atom is 0.311 e. The van der Waals surface area contributed by atoms with Gasteiger partial charge in [-0.05, 0) is 20.8 Å². The Morgan fingerprint density at radius 2 is 2.27 bits per heavy atom. The second-order valence-electron chi connectivity index (χ2n) is 4.19. The summed E-state index contributed by atoms with van der Waals surface area (Å²) in [4.78, 5) is 15.6. The Bertz CT molecular complexity index is 341. The Morgan fingerprint density at radius 3 is 2.73 bits per heavy atom. The summed E-state index contributed by atoms with van der Waals surface area (Å²) in [6, 6.07) is 0. The minimum atomic E-state index is -0.476. The first-order valence-corrected chi connectivity index (χ1v) is 6.12. The Kier molecular flexibility index (Phi) is 4.12. The number of carbonyl (C=O) groups excluding carboxylic acids is 1. The zero-order valence-corrected chi connectivity index (χ0v) is 11.2. The van der Waals surface area contributed by atoms with Crippen molar-refractivity contribution in [2.45, 2.75) is 31.8 Å². The predicted molar refractivity (Wildman–Crippen MR) is 63.5 cm³/mol. The van der Waals surface area contributed by atoms with Crippen molar-refractivity contribution in [2.75, 3.05) is 0 Å². The van der Waals surface area contributed by atoms with Gasteiger partial charge in [0.2, 0.25) is 5.89 Å². The van der Waals surface area contributed by atoms with E-state index in [-0.39, 0.29) is 12.6 Å². The van der Waals surface area contributed by atoms with Crippen molar-refractivity contribution < 1.29 is 13.9 Å². The molecule has 0 unspecified atom stereocenters. The number of aromatic nitrogens is 1. The molecule has 4 nitrogen and oxygen atoms in total. The fourth-order valence-corrected chi connectivity index (χ4v) is 1.18. The van der Waals surface area contributed by atoms with Crippen LogP contribution in [0.1, 0.15) is 32.4 Å². The van der Waals surface area contributed by atoms with E-state index in [2.05, 4.69) is 27.6 Å². The third kappa shape index (κ3) is 3.81. The van der Waals surface area contributed by atoms with Crippen molar-refractivity contribution in [3.8, 4) is 0 Å². The Balaban J connectivity index is 2.47. The van der Waals surface area contributed by atoms with Crippen LogP contribution in [0, 0.1) is 5.41 Å². The van der Waals surface area contributed by atoms with Gasteiger partial charge in [0.05, 0.1) is 9.84 Å². The Labute approximate surface area is 103 Å². The molecule has 1 rings (SSSR count). The second kappa shape index (κ2) is 4.96. The molecule has 0 radical (unpaired) electrons. The number of halogens is 1. The van der Waals surface area contributed by atoms with Gasteiger partial charge in [-0.1, -0.05) is 22.6 Å². The van der Waals surface area contributed by atoms with Crippen LogP contribution in [0.5, 0.6) is 0 Å². The molecule has 0 amide bonds. The van der Waals surface area contributed by atoms with E-state index in [1.165, 1.54) is 6.26 Å². The molecule has 0 aromatic carbocycles. The van der Waals surface area contributed by atoms with Crippen LogP contribution in [0.25, 0.3) is 0 Å². The van der Waals surface area contributed by atoms with Crippen molar-refractivity contribution in [3.05, 3.63) is 17.8 Å². The average Bonchev–Trinajstić information content (AvgIpc) is 2.60. The van der Waals surface area contributed by atoms with Crippen LogP contribution in [0.15, 0.2) is 10.7 Å². The van der Waals surface area contributed by atoms with Crippen LogP contribution in [-0.2, 0) is 20.6 Å². The van der Waals surface area contributed by atoms with Gasteiger partial charge in [-0.3, -0.25) is 4.79 Å². The number of oxazole rings is 1. The largest absolute Gasteiger partial charge is 0.459 e. The molecule has 1 heterocycles. The van der Waals surface area contributed by atoms with Crippen LogP contribution in [0.3, 0.4) is 0 Å². The lowest BCUT2D eigenvalue weighted by Gasteiger charge is -2.15. The molecule has 1 aromatic heterocycles. The maximum absolute atomic E-state index is 11.4. The molecule has 0 spiro atoms. The number of carbonyl (C=O) groups is 1. The van der Waals surface area contributed by atoms with Gasteiger partial charge in [0.1, 0.15) is 18.6 Å². The standard InChI is InChI=1S/C10H14INO3/c1-10(2,3)9(13)15-6-7-5-14-8(4-11)12-7/h5H,4,6H2,1-3H3. The van der Waals surface area contributed by atoms with Crippen LogP contribution in [0.2, 0.25) is 0 Å². The molecule has 0 aliphatic rings. The van der Waals surface area contributed by atoms with E-state index in [1.54, 1.807) is 0 Å². The van der Waals surface area contributed by atoms with Gasteiger partial charge >= 0.3 is 5.97 Å². The van der Waals surface area contributed by atoms with Gasteiger partial charge in [0.25, 0.3) is 0 Å². The highest BCUT2D eigenvalue weighted by Gasteiger charge is 2.23. The zero-order chi connectivity index (χ0) is 11.5. The first-order valence-electron chi connectivity index (χ1n) is 4.60. The van der Waals surface area contributed by atoms with Crippen molar-refractivity contribution in [2.24, 2.45) is 5.41 Å². The fourth-order valence-electron chi connectivity index (χ4n) is 0.833. The van der Waals surface area contributed by atoms with E-state index in [4.69, 9.17) is 9.15 Å². The lowest BCUT2D eigenvalue weighted by molar-refractivity contribution is -0.154. The molecular weight excluding hydrogens is 309 g/mol. The molecule has 1 aromatic rings. The van der Waals surface area contributed by atoms with E-state index in [0.29, 0.717) is 16.0 Å². The lowest BCUT2D eigenvalue weighted by Crippen LogP contribution is -2.22. The molecular formula is C10H14INO3. The second-order valence-corrected chi connectivity index (χ2v) is 4.96. The molecule has 84 valence electrons. The van der Waals surface area contributed by atoms with E-state index in [1.807, 2.05) is 20.8 Å². The first-order chi connectivity index (χ1) is 6.93. The Morgan fingerprint density at radius 1 is 1.60 bits per heavy atom. The van der Waals surface area contributed by atoms with Gasteiger partial charge < -0.3 is 9.15 Å². The van der Waals surface area contributed by atoms with Crippen LogP contribution in [-0.4, -0.2) is 11.0 Å². The molecule has 0 N–H and O–H groups in total. The number of alkyl halides is 1. The molecule has 0 fully saturated rings. The van der Waals surface area contributed by atoms with E-state index >= 15 is 0 Å². The topological polar surface area (TPSA) is 52.3 Å². The zero-order valence-electron chi connectivity index (χ0n) is 9.04. The summed E-state index contributed by atoms with van der Waals surface area (Å²) in [6.45, 7) is 5.62. The quantitative estimate of drug-likeness (QED) is 0.488. The average molecular weight is 323 g/mol. The summed E-state index contributed by atoms with van der Waals surface area (Å²) in [5.74, 6) is 0.416. The summed E-state index contributed by atoms with van der Waals surface area (Å²) in [6.07, 6.45) is 1.52. The summed E-state index contributed by atoms with van der Waals surface area (Å²) in [7, 11) is 0. The molecule has 0 atom stereocenters. The number of ether oxygens (including phenoxy) is 1. The molecule has 0 aliphatic carbocycles. The number of hydrogen-bond donors (Lipinski definition) is 0. The minimum Gasteiger partial charge on any atom is -0.459 e. The Hall–Kier alpha value is -0.590. The van der Waals surface area contributed by atoms with Gasteiger partial charge in [-0.15, -0.1) is 0 Å². The number of hydrogen-bond acceptors (Lipinski definition) is 4. The molecule has 0 saturated heterocycles. The number of nitrogens with zero attached hydrogens (tertiary/aromatic N) is 1. The van der Waals surface area contributed by atoms with Crippen LogP contribution in [0.4, 0.5) is 0 Å². The van der Waals surface area contributed by atoms with E-state index < -0.39 is 5.41 Å². The van der Waals surface area contributed by atoms with Crippen molar-refractivity contribution in [1.29, 1.82) is 0 Å². The molecule has 15 heavy (non-hydrogen) atoms. The third-order valence-electron chi connectivity index (χ3n) is 1.68. The van der Waals surface area contributed by atoms with E-state index in [9.17, 15) is 4.79 Å². The summed E-state index contributed by atoms with van der Waals surface area (Å²) >= 11 is 2.16. The smallest absolute Gasteiger partial charge is 0.311 e. The van der Waals surface area contributed by atoms with Crippen LogP contribution >= 0.6 is 22.6 Å². The monoisotopic (exact) mass is 323 g/mol. The minimum absolute atomic E-state index is 0.177. The molecule has 0 bridgehead atoms.